The van der Waals surface area contributed by atoms with Gasteiger partial charge in [-0.15, -0.1) is 0 Å². The van der Waals surface area contributed by atoms with Crippen molar-refractivity contribution >= 4 is 44.6 Å². The molecule has 0 atom stereocenters. The second kappa shape index (κ2) is 11.9. The van der Waals surface area contributed by atoms with Crippen LogP contribution < -0.4 is 25.9 Å². The Morgan fingerprint density at radius 3 is 1.38 bits per heavy atom. The molecular formula is C50H31BO2. The second-order valence-electron chi connectivity index (χ2n) is 13.9. The van der Waals surface area contributed by atoms with Crippen molar-refractivity contribution in [3.05, 3.63) is 188 Å². The van der Waals surface area contributed by atoms with E-state index < -0.39 is 0 Å². The Kier molecular flexibility index (Phi) is 6.68. The van der Waals surface area contributed by atoms with Gasteiger partial charge in [-0.25, -0.2) is 0 Å². The summed E-state index contributed by atoms with van der Waals surface area (Å²) < 4.78 is 13.1. The monoisotopic (exact) mass is 674 g/mol. The molecule has 2 aliphatic rings. The molecule has 0 amide bonds. The van der Waals surface area contributed by atoms with Gasteiger partial charge in [-0.1, -0.05) is 164 Å². The van der Waals surface area contributed by atoms with Gasteiger partial charge in [0.05, 0.1) is 0 Å². The first-order valence-electron chi connectivity index (χ1n) is 18.2. The zero-order valence-electron chi connectivity index (χ0n) is 28.8. The molecule has 0 bridgehead atoms. The minimum Gasteiger partial charge on any atom is -0.458 e. The number of hydrogen-bond acceptors (Lipinski definition) is 2. The Labute approximate surface area is 308 Å². The molecule has 2 nitrogen and oxygen atoms in total. The number of para-hydroxylation sites is 1. The third kappa shape index (κ3) is 4.61. The molecule has 3 heteroatoms. The van der Waals surface area contributed by atoms with E-state index in [9.17, 15) is 0 Å². The van der Waals surface area contributed by atoms with Gasteiger partial charge in [0.2, 0.25) is 0 Å². The van der Waals surface area contributed by atoms with Crippen molar-refractivity contribution in [1.29, 1.82) is 0 Å². The Morgan fingerprint density at radius 1 is 0.302 bits per heavy atom. The number of fused-ring (bicyclic) bond motifs is 6. The molecule has 2 heterocycles. The Morgan fingerprint density at radius 2 is 0.755 bits per heavy atom. The van der Waals surface area contributed by atoms with E-state index in [0.717, 1.165) is 44.9 Å². The van der Waals surface area contributed by atoms with Gasteiger partial charge in [0.15, 0.2) is 0 Å². The van der Waals surface area contributed by atoms with E-state index in [-0.39, 0.29) is 6.71 Å². The highest BCUT2D eigenvalue weighted by Gasteiger charge is 2.39. The molecule has 2 aliphatic heterocycles. The molecule has 0 saturated heterocycles. The molecule has 246 valence electrons. The summed E-state index contributed by atoms with van der Waals surface area (Å²) in [6, 6.07) is 67.4. The quantitative estimate of drug-likeness (QED) is 0.137. The lowest BCUT2D eigenvalue weighted by Gasteiger charge is -2.33. The summed E-state index contributed by atoms with van der Waals surface area (Å²) in [6.07, 6.45) is 0. The first-order valence-corrected chi connectivity index (χ1v) is 18.2. The molecule has 9 aromatic carbocycles. The van der Waals surface area contributed by atoms with Gasteiger partial charge in [-0.3, -0.25) is 0 Å². The minimum atomic E-state index is 0.0402. The van der Waals surface area contributed by atoms with Crippen LogP contribution in [0.4, 0.5) is 0 Å². The fourth-order valence-electron chi connectivity index (χ4n) is 8.77. The van der Waals surface area contributed by atoms with Gasteiger partial charge in [0.1, 0.15) is 23.0 Å². The molecule has 9 aromatic rings. The van der Waals surface area contributed by atoms with Crippen LogP contribution in [0.1, 0.15) is 0 Å². The van der Waals surface area contributed by atoms with E-state index in [2.05, 4.69) is 170 Å². The fraction of sp³-hybridized carbons (Fsp3) is 0. The first-order chi connectivity index (χ1) is 26.3. The van der Waals surface area contributed by atoms with Crippen LogP contribution >= 0.6 is 0 Å². The van der Waals surface area contributed by atoms with Gasteiger partial charge < -0.3 is 9.47 Å². The van der Waals surface area contributed by atoms with Crippen LogP contribution in [-0.2, 0) is 0 Å². The van der Waals surface area contributed by atoms with E-state index in [1.165, 1.54) is 60.5 Å². The Hall–Kier alpha value is -6.84. The maximum atomic E-state index is 6.72. The van der Waals surface area contributed by atoms with Gasteiger partial charge in [-0.05, 0) is 101 Å². The Balaban J connectivity index is 1.13. The van der Waals surface area contributed by atoms with Crippen LogP contribution in [-0.4, -0.2) is 6.71 Å². The van der Waals surface area contributed by atoms with Gasteiger partial charge in [-0.2, -0.15) is 0 Å². The van der Waals surface area contributed by atoms with Crippen molar-refractivity contribution in [2.24, 2.45) is 0 Å². The maximum Gasteiger partial charge on any atom is 0.260 e. The molecule has 0 radical (unpaired) electrons. The number of hydrogen-bond donors (Lipinski definition) is 0. The molecule has 0 aliphatic carbocycles. The predicted octanol–water partition coefficient (Wildman–Crippen LogP) is 11.4. The van der Waals surface area contributed by atoms with Gasteiger partial charge in [0, 0.05) is 5.46 Å². The fourth-order valence-corrected chi connectivity index (χ4v) is 8.77. The molecule has 0 N–H and O–H groups in total. The summed E-state index contributed by atoms with van der Waals surface area (Å²) in [5.74, 6) is 3.49. The SMILES string of the molecule is c1ccc(-c2ccccc2-c2c3ccccc3c(-c3ccccc3-c3ccc4c(c3)Oc3cccc5c3B4c3ccccc3O5)c3ccccc23)cc1. The van der Waals surface area contributed by atoms with Crippen molar-refractivity contribution in [3.8, 4) is 67.5 Å². The molecule has 0 fully saturated rings. The van der Waals surface area contributed by atoms with E-state index in [0.29, 0.717) is 0 Å². The zero-order chi connectivity index (χ0) is 34.9. The third-order valence-electron chi connectivity index (χ3n) is 11.0. The molecule has 0 saturated carbocycles. The topological polar surface area (TPSA) is 18.5 Å². The smallest absolute Gasteiger partial charge is 0.260 e. The predicted molar refractivity (Wildman–Crippen MR) is 221 cm³/mol. The highest BCUT2D eigenvalue weighted by molar-refractivity contribution is 6.98. The molecule has 53 heavy (non-hydrogen) atoms. The standard InChI is InChI=1S/C50H31BO2/c1-2-15-32(16-3-1)34-17-4-6-19-36(34)48-38-21-8-10-23-40(38)49(41-24-11-9-22-39(41)48)37-20-7-5-18-35(37)33-29-30-43-47(31-33)53-46-28-14-27-45-50(46)51(43)42-25-12-13-26-44(42)52-45/h1-31H. The van der Waals surface area contributed by atoms with Crippen LogP contribution in [0.25, 0.3) is 66.1 Å². The lowest BCUT2D eigenvalue weighted by Crippen LogP contribution is -2.57. The second-order valence-corrected chi connectivity index (χ2v) is 13.9. The first kappa shape index (κ1) is 29.9. The molecule has 0 spiro atoms. The van der Waals surface area contributed by atoms with E-state index in [1.807, 2.05) is 18.2 Å². The largest absolute Gasteiger partial charge is 0.458 e. The average molecular weight is 675 g/mol. The van der Waals surface area contributed by atoms with E-state index in [4.69, 9.17) is 9.47 Å². The van der Waals surface area contributed by atoms with Crippen LogP contribution in [0.5, 0.6) is 23.0 Å². The summed E-state index contributed by atoms with van der Waals surface area (Å²) >= 11 is 0. The normalized spacial score (nSPS) is 12.4. The van der Waals surface area contributed by atoms with Crippen molar-refractivity contribution in [3.63, 3.8) is 0 Å². The van der Waals surface area contributed by atoms with Crippen molar-refractivity contribution < 1.29 is 9.47 Å². The van der Waals surface area contributed by atoms with Crippen molar-refractivity contribution in [1.82, 2.24) is 0 Å². The van der Waals surface area contributed by atoms with E-state index >= 15 is 0 Å². The summed E-state index contributed by atoms with van der Waals surface area (Å²) in [5, 5.41) is 4.93. The summed E-state index contributed by atoms with van der Waals surface area (Å²) in [6.45, 7) is 0.0402. The molecule has 11 rings (SSSR count). The lowest BCUT2D eigenvalue weighted by atomic mass is 9.35. The van der Waals surface area contributed by atoms with Crippen LogP contribution in [0.15, 0.2) is 188 Å². The van der Waals surface area contributed by atoms with Crippen molar-refractivity contribution in [2.45, 2.75) is 0 Å². The Bertz CT molecular complexity index is 2850. The van der Waals surface area contributed by atoms with Gasteiger partial charge >= 0.3 is 0 Å². The van der Waals surface area contributed by atoms with Crippen LogP contribution in [0.3, 0.4) is 0 Å². The summed E-state index contributed by atoms with van der Waals surface area (Å²) in [5.41, 5.74) is 13.1. The highest BCUT2D eigenvalue weighted by atomic mass is 16.5. The van der Waals surface area contributed by atoms with Crippen LogP contribution in [0.2, 0.25) is 0 Å². The summed E-state index contributed by atoms with van der Waals surface area (Å²) in [4.78, 5) is 0. The third-order valence-corrected chi connectivity index (χ3v) is 11.0. The summed E-state index contributed by atoms with van der Waals surface area (Å²) in [7, 11) is 0. The number of benzene rings is 9. The maximum absolute atomic E-state index is 6.72. The van der Waals surface area contributed by atoms with E-state index in [1.54, 1.807) is 0 Å². The highest BCUT2D eigenvalue weighted by Crippen LogP contribution is 2.48. The van der Waals surface area contributed by atoms with Crippen LogP contribution in [0, 0.1) is 0 Å². The molecule has 0 unspecified atom stereocenters. The van der Waals surface area contributed by atoms with Gasteiger partial charge in [0.25, 0.3) is 6.71 Å². The minimum absolute atomic E-state index is 0.0402. The average Bonchev–Trinajstić information content (AvgIpc) is 3.23. The molecular weight excluding hydrogens is 643 g/mol. The zero-order valence-corrected chi connectivity index (χ0v) is 28.8. The number of rotatable bonds is 4. The lowest BCUT2D eigenvalue weighted by molar-refractivity contribution is 0.464. The number of ether oxygens (including phenoxy) is 2. The van der Waals surface area contributed by atoms with Crippen molar-refractivity contribution in [2.75, 3.05) is 0 Å². The molecule has 0 aromatic heterocycles.